The normalized spacial score (nSPS) is 15.7. The molecule has 0 fully saturated rings. The van der Waals surface area contributed by atoms with Crippen LogP contribution in [-0.2, 0) is 14.3 Å². The van der Waals surface area contributed by atoms with E-state index >= 15 is 0 Å². The second-order valence-corrected chi connectivity index (χ2v) is 7.80. The number of thioether (sulfide) groups is 1. The summed E-state index contributed by atoms with van der Waals surface area (Å²) in [5, 5.41) is -0.369. The van der Waals surface area contributed by atoms with Crippen molar-refractivity contribution in [1.82, 2.24) is 0 Å². The fourth-order valence-corrected chi connectivity index (χ4v) is 3.76. The van der Waals surface area contributed by atoms with Crippen LogP contribution in [-0.4, -0.2) is 43.1 Å². The Balaban J connectivity index is 1.94. The lowest BCUT2D eigenvalue weighted by molar-refractivity contribution is -0.139. The predicted molar refractivity (Wildman–Crippen MR) is 118 cm³/mol. The Morgan fingerprint density at radius 1 is 1.06 bits per heavy atom. The molecule has 3 rings (SSSR count). The Morgan fingerprint density at radius 2 is 1.69 bits per heavy atom. The number of halogens is 2. The molecule has 1 unspecified atom stereocenters. The molecule has 2 aromatic rings. The van der Waals surface area contributed by atoms with Gasteiger partial charge in [-0.05, 0) is 55.0 Å². The van der Waals surface area contributed by atoms with Gasteiger partial charge in [0, 0.05) is 0 Å². The van der Waals surface area contributed by atoms with Crippen LogP contribution in [0.1, 0.15) is 12.5 Å². The van der Waals surface area contributed by atoms with Crippen LogP contribution in [0.15, 0.2) is 59.2 Å². The van der Waals surface area contributed by atoms with Crippen molar-refractivity contribution in [2.45, 2.75) is 18.8 Å². The number of carbonyl (C=O) groups excluding carboxylic acids is 2. The highest BCUT2D eigenvalue weighted by Crippen LogP contribution is 2.32. The molecule has 0 radical (unpaired) electrons. The molecule has 1 heterocycles. The summed E-state index contributed by atoms with van der Waals surface area (Å²) in [6.45, 7) is -1.33. The number of aliphatic imine (C=N–C) groups is 1. The monoisotopic (exact) mass is 462 g/mol. The van der Waals surface area contributed by atoms with Crippen LogP contribution >= 0.6 is 11.8 Å². The number of rotatable bonds is 7. The van der Waals surface area contributed by atoms with Crippen LogP contribution in [0, 0.1) is 0 Å². The number of benzene rings is 2. The Bertz CT molecular complexity index is 1040. The Hall–Kier alpha value is -3.40. The standard InChI is InChI=1S/C22H20F2N2O5S/c1-13(20(28)30-3)32-22-25-18(12-14-4-8-16(29-2)9-5-14)19(27)26(22)15-6-10-17(11-7-15)31-21(23)24/h4-13,21H,1-3H3. The Morgan fingerprint density at radius 3 is 2.25 bits per heavy atom. The summed E-state index contributed by atoms with van der Waals surface area (Å²) in [5.41, 5.74) is 1.27. The number of anilines is 1. The molecule has 168 valence electrons. The number of methoxy groups -OCH3 is 2. The van der Waals surface area contributed by atoms with Gasteiger partial charge < -0.3 is 14.2 Å². The molecule has 7 nitrogen and oxygen atoms in total. The molecular formula is C22H20F2N2O5S. The van der Waals surface area contributed by atoms with Crippen molar-refractivity contribution in [2.75, 3.05) is 19.1 Å². The van der Waals surface area contributed by atoms with E-state index in [-0.39, 0.29) is 16.6 Å². The number of alkyl halides is 2. The lowest BCUT2D eigenvalue weighted by Crippen LogP contribution is -2.32. The molecule has 0 N–H and O–H groups in total. The zero-order valence-electron chi connectivity index (χ0n) is 17.5. The molecule has 1 amide bonds. The van der Waals surface area contributed by atoms with Crippen molar-refractivity contribution < 1.29 is 32.6 Å². The summed E-state index contributed by atoms with van der Waals surface area (Å²) in [7, 11) is 2.83. The molecule has 0 aliphatic carbocycles. The van der Waals surface area contributed by atoms with E-state index in [9.17, 15) is 18.4 Å². The number of hydrogen-bond acceptors (Lipinski definition) is 7. The van der Waals surface area contributed by atoms with Crippen LogP contribution in [0.4, 0.5) is 14.5 Å². The number of amidine groups is 1. The number of nitrogens with zero attached hydrogens (tertiary/aromatic N) is 2. The fraction of sp³-hybridized carbons (Fsp3) is 0.227. The molecule has 0 saturated carbocycles. The largest absolute Gasteiger partial charge is 0.497 e. The van der Waals surface area contributed by atoms with Gasteiger partial charge in [0.15, 0.2) is 5.17 Å². The van der Waals surface area contributed by atoms with Gasteiger partial charge in [-0.25, -0.2) is 4.99 Å². The molecule has 0 bridgehead atoms. The predicted octanol–water partition coefficient (Wildman–Crippen LogP) is 4.34. The number of carbonyl (C=O) groups is 2. The van der Waals surface area contributed by atoms with E-state index in [1.165, 1.54) is 36.3 Å². The van der Waals surface area contributed by atoms with Gasteiger partial charge in [-0.1, -0.05) is 23.9 Å². The molecule has 1 atom stereocenters. The van der Waals surface area contributed by atoms with Crippen LogP contribution in [0.25, 0.3) is 6.08 Å². The third-order valence-corrected chi connectivity index (χ3v) is 5.41. The minimum atomic E-state index is -2.96. The Labute approximate surface area is 187 Å². The molecule has 1 aliphatic heterocycles. The van der Waals surface area contributed by atoms with Gasteiger partial charge in [0.2, 0.25) is 0 Å². The first-order chi connectivity index (χ1) is 15.3. The first-order valence-corrected chi connectivity index (χ1v) is 10.3. The van der Waals surface area contributed by atoms with E-state index in [0.29, 0.717) is 11.4 Å². The number of esters is 1. The van der Waals surface area contributed by atoms with Crippen molar-refractivity contribution in [1.29, 1.82) is 0 Å². The summed E-state index contributed by atoms with van der Waals surface area (Å²) in [6, 6.07) is 12.6. The zero-order chi connectivity index (χ0) is 23.3. The van der Waals surface area contributed by atoms with Crippen LogP contribution in [0.3, 0.4) is 0 Å². The third-order valence-electron chi connectivity index (χ3n) is 4.38. The summed E-state index contributed by atoms with van der Waals surface area (Å²) < 4.78 is 39.1. The summed E-state index contributed by atoms with van der Waals surface area (Å²) >= 11 is 1.05. The van der Waals surface area contributed by atoms with E-state index in [1.54, 1.807) is 44.4 Å². The van der Waals surface area contributed by atoms with E-state index < -0.39 is 23.7 Å². The van der Waals surface area contributed by atoms with Gasteiger partial charge in [-0.3, -0.25) is 14.5 Å². The van der Waals surface area contributed by atoms with Gasteiger partial charge in [0.25, 0.3) is 5.91 Å². The summed E-state index contributed by atoms with van der Waals surface area (Å²) in [6.07, 6.45) is 1.61. The molecule has 10 heteroatoms. The topological polar surface area (TPSA) is 77.4 Å². The molecule has 0 aromatic heterocycles. The quantitative estimate of drug-likeness (QED) is 0.450. The molecule has 32 heavy (non-hydrogen) atoms. The maximum Gasteiger partial charge on any atom is 0.387 e. The molecule has 0 saturated heterocycles. The minimum absolute atomic E-state index is 0.0431. The minimum Gasteiger partial charge on any atom is -0.497 e. The first-order valence-electron chi connectivity index (χ1n) is 9.40. The van der Waals surface area contributed by atoms with Crippen LogP contribution < -0.4 is 14.4 Å². The van der Waals surface area contributed by atoms with Gasteiger partial charge in [0.1, 0.15) is 22.4 Å². The fourth-order valence-electron chi connectivity index (χ4n) is 2.81. The highest BCUT2D eigenvalue weighted by molar-refractivity contribution is 8.15. The van der Waals surface area contributed by atoms with Gasteiger partial charge in [-0.2, -0.15) is 8.78 Å². The lowest BCUT2D eigenvalue weighted by Gasteiger charge is -2.19. The highest BCUT2D eigenvalue weighted by Gasteiger charge is 2.34. The average molecular weight is 462 g/mol. The highest BCUT2D eigenvalue weighted by atomic mass is 32.2. The number of hydrogen-bond donors (Lipinski definition) is 0. The second kappa shape index (κ2) is 10.3. The lowest BCUT2D eigenvalue weighted by atomic mass is 10.2. The van der Waals surface area contributed by atoms with Gasteiger partial charge in [-0.15, -0.1) is 0 Å². The van der Waals surface area contributed by atoms with Crippen molar-refractivity contribution >= 4 is 40.6 Å². The van der Waals surface area contributed by atoms with Crippen LogP contribution in [0.5, 0.6) is 11.5 Å². The van der Waals surface area contributed by atoms with Gasteiger partial charge >= 0.3 is 12.6 Å². The smallest absolute Gasteiger partial charge is 0.387 e. The summed E-state index contributed by atoms with van der Waals surface area (Å²) in [5.74, 6) is -0.274. The molecule has 1 aliphatic rings. The van der Waals surface area contributed by atoms with Crippen LogP contribution in [0.2, 0.25) is 0 Å². The third kappa shape index (κ3) is 5.44. The van der Waals surface area contributed by atoms with Gasteiger partial charge in [0.05, 0.1) is 19.9 Å². The molecular weight excluding hydrogens is 442 g/mol. The van der Waals surface area contributed by atoms with Crippen molar-refractivity contribution in [3.63, 3.8) is 0 Å². The van der Waals surface area contributed by atoms with E-state index in [4.69, 9.17) is 9.47 Å². The first kappa shape index (κ1) is 23.3. The number of amides is 1. The van der Waals surface area contributed by atoms with Crippen molar-refractivity contribution in [2.24, 2.45) is 4.99 Å². The van der Waals surface area contributed by atoms with E-state index in [1.807, 2.05) is 0 Å². The second-order valence-electron chi connectivity index (χ2n) is 6.49. The van der Waals surface area contributed by atoms with E-state index in [0.717, 1.165) is 17.3 Å². The Kier molecular flexibility index (Phi) is 7.47. The summed E-state index contributed by atoms with van der Waals surface area (Å²) in [4.78, 5) is 30.8. The molecule has 2 aromatic carbocycles. The maximum atomic E-state index is 13.2. The molecule has 0 spiro atoms. The van der Waals surface area contributed by atoms with Crippen molar-refractivity contribution in [3.05, 3.63) is 59.8 Å². The average Bonchev–Trinajstić information content (AvgIpc) is 3.08. The zero-order valence-corrected chi connectivity index (χ0v) is 18.3. The van der Waals surface area contributed by atoms with E-state index in [2.05, 4.69) is 9.73 Å². The maximum absolute atomic E-state index is 13.2. The SMILES string of the molecule is COC(=O)C(C)SC1=NC(=Cc2ccc(OC)cc2)C(=O)N1c1ccc(OC(F)F)cc1. The number of ether oxygens (including phenoxy) is 3. The van der Waals surface area contributed by atoms with Crippen molar-refractivity contribution in [3.8, 4) is 11.5 Å².